The van der Waals surface area contributed by atoms with Gasteiger partial charge in [0.15, 0.2) is 0 Å². The van der Waals surface area contributed by atoms with Crippen LogP contribution in [0.5, 0.6) is 0 Å². The molecule has 1 N–H and O–H groups in total. The van der Waals surface area contributed by atoms with Crippen molar-refractivity contribution in [3.8, 4) is 0 Å². The van der Waals surface area contributed by atoms with Crippen LogP contribution in [0.2, 0.25) is 0 Å². The molecule has 0 unspecified atom stereocenters. The maximum atomic E-state index is 12.3. The van der Waals surface area contributed by atoms with Crippen LogP contribution in [0.1, 0.15) is 20.9 Å². The van der Waals surface area contributed by atoms with E-state index >= 15 is 0 Å². The van der Waals surface area contributed by atoms with Crippen LogP contribution in [0.3, 0.4) is 0 Å². The molecule has 0 saturated carbocycles. The third kappa shape index (κ3) is 3.49. The lowest BCUT2D eigenvalue weighted by atomic mass is 10.2. The van der Waals surface area contributed by atoms with Gasteiger partial charge in [-0.2, -0.15) is 0 Å². The van der Waals surface area contributed by atoms with Gasteiger partial charge in [-0.25, -0.2) is 13.1 Å². The fourth-order valence-electron chi connectivity index (χ4n) is 1.80. The highest BCUT2D eigenvalue weighted by Gasteiger charge is 2.17. The van der Waals surface area contributed by atoms with Crippen molar-refractivity contribution in [2.75, 3.05) is 0 Å². The molecule has 1 heterocycles. The van der Waals surface area contributed by atoms with Crippen LogP contribution in [0.4, 0.5) is 0 Å². The smallest absolute Gasteiger partial charge is 0.207 e. The van der Waals surface area contributed by atoms with Gasteiger partial charge in [-0.15, -0.1) is 11.3 Å². The van der Waals surface area contributed by atoms with Gasteiger partial charge < -0.3 is 0 Å². The summed E-state index contributed by atoms with van der Waals surface area (Å²) in [6.45, 7) is 6.31. The van der Waals surface area contributed by atoms with E-state index in [0.29, 0.717) is 11.0 Å². The van der Waals surface area contributed by atoms with E-state index in [-0.39, 0.29) is 4.90 Å². The minimum atomic E-state index is -3.50. The van der Waals surface area contributed by atoms with Crippen molar-refractivity contribution in [2.24, 2.45) is 0 Å². The van der Waals surface area contributed by atoms with E-state index in [1.54, 1.807) is 29.5 Å². The van der Waals surface area contributed by atoms with Crippen molar-refractivity contribution >= 4 is 37.3 Å². The number of thiophene rings is 1. The summed E-state index contributed by atoms with van der Waals surface area (Å²) in [6.07, 6.45) is 0. The molecular weight excluding hydrogens is 358 g/mol. The first-order valence-corrected chi connectivity index (χ1v) is 9.20. The fourth-order valence-corrected chi connectivity index (χ4v) is 5.09. The van der Waals surface area contributed by atoms with E-state index < -0.39 is 10.0 Å². The van der Waals surface area contributed by atoms with Gasteiger partial charge in [0.25, 0.3) is 0 Å². The summed E-state index contributed by atoms with van der Waals surface area (Å²) in [5.74, 6) is 0. The molecule has 1 aromatic heterocycles. The standard InChI is InChI=1S/C14H16BrNO2S2/c1-9-4-5-14(13(15)6-9)20(17,18)16-8-12-7-10(2)11(3)19-12/h4-7,16H,8H2,1-3H3. The van der Waals surface area contributed by atoms with Gasteiger partial charge in [0.2, 0.25) is 10.0 Å². The molecule has 3 nitrogen and oxygen atoms in total. The Balaban J connectivity index is 2.19. The number of halogens is 1. The minimum Gasteiger partial charge on any atom is -0.207 e. The number of hydrogen-bond acceptors (Lipinski definition) is 3. The normalized spacial score (nSPS) is 11.8. The van der Waals surface area contributed by atoms with Crippen molar-refractivity contribution in [3.63, 3.8) is 0 Å². The first kappa shape index (κ1) is 15.7. The lowest BCUT2D eigenvalue weighted by molar-refractivity contribution is 0.581. The first-order valence-electron chi connectivity index (χ1n) is 6.11. The third-order valence-electron chi connectivity index (χ3n) is 3.03. The van der Waals surface area contributed by atoms with Crippen molar-refractivity contribution in [3.05, 3.63) is 49.6 Å². The van der Waals surface area contributed by atoms with E-state index in [2.05, 4.69) is 20.7 Å². The number of rotatable bonds is 4. The molecule has 0 bridgehead atoms. The Morgan fingerprint density at radius 2 is 1.90 bits per heavy atom. The molecule has 2 aromatic rings. The zero-order valence-corrected chi connectivity index (χ0v) is 14.7. The number of sulfonamides is 1. The summed E-state index contributed by atoms with van der Waals surface area (Å²) < 4.78 is 27.8. The molecule has 0 atom stereocenters. The predicted molar refractivity (Wildman–Crippen MR) is 86.7 cm³/mol. The fraction of sp³-hybridized carbons (Fsp3) is 0.286. The highest BCUT2D eigenvalue weighted by molar-refractivity contribution is 9.10. The Hall–Kier alpha value is -0.690. The zero-order chi connectivity index (χ0) is 14.9. The highest BCUT2D eigenvalue weighted by atomic mass is 79.9. The number of aryl methyl sites for hydroxylation is 3. The number of benzene rings is 1. The van der Waals surface area contributed by atoms with Crippen LogP contribution in [0.15, 0.2) is 33.6 Å². The van der Waals surface area contributed by atoms with Crippen molar-refractivity contribution in [1.82, 2.24) is 4.72 Å². The lowest BCUT2D eigenvalue weighted by Gasteiger charge is -2.08. The molecule has 0 saturated heterocycles. The molecule has 0 aliphatic rings. The monoisotopic (exact) mass is 373 g/mol. The minimum absolute atomic E-state index is 0.271. The predicted octanol–water partition coefficient (Wildman–Crippen LogP) is 3.91. The summed E-state index contributed by atoms with van der Waals surface area (Å²) in [4.78, 5) is 2.51. The molecule has 0 amide bonds. The molecule has 0 aliphatic heterocycles. The van der Waals surface area contributed by atoms with E-state index in [0.717, 1.165) is 10.4 Å². The summed E-state index contributed by atoms with van der Waals surface area (Å²) in [6, 6.07) is 7.23. The van der Waals surface area contributed by atoms with Gasteiger partial charge in [0.1, 0.15) is 0 Å². The average Bonchev–Trinajstić information content (AvgIpc) is 2.66. The number of hydrogen-bond donors (Lipinski definition) is 1. The van der Waals surface area contributed by atoms with E-state index in [1.165, 1.54) is 10.4 Å². The van der Waals surface area contributed by atoms with Crippen LogP contribution in [-0.2, 0) is 16.6 Å². The van der Waals surface area contributed by atoms with Crippen LogP contribution in [0, 0.1) is 20.8 Å². The topological polar surface area (TPSA) is 46.2 Å². The summed E-state index contributed by atoms with van der Waals surface area (Å²) >= 11 is 4.93. The molecule has 1 aromatic carbocycles. The van der Waals surface area contributed by atoms with Gasteiger partial charge in [-0.05, 0) is 66.0 Å². The van der Waals surface area contributed by atoms with E-state index in [4.69, 9.17) is 0 Å². The maximum Gasteiger partial charge on any atom is 0.242 e. The Morgan fingerprint density at radius 3 is 2.45 bits per heavy atom. The molecule has 2 rings (SSSR count). The van der Waals surface area contributed by atoms with Gasteiger partial charge in [-0.3, -0.25) is 0 Å². The molecule has 0 aliphatic carbocycles. The Labute approximate surface area is 132 Å². The van der Waals surface area contributed by atoms with Gasteiger partial charge in [-0.1, -0.05) is 6.07 Å². The average molecular weight is 374 g/mol. The Bertz CT molecular complexity index is 716. The highest BCUT2D eigenvalue weighted by Crippen LogP contribution is 2.24. The maximum absolute atomic E-state index is 12.3. The summed E-state index contributed by atoms with van der Waals surface area (Å²) in [5, 5.41) is 0. The molecule has 0 spiro atoms. The zero-order valence-electron chi connectivity index (χ0n) is 11.5. The first-order chi connectivity index (χ1) is 9.29. The third-order valence-corrected chi connectivity index (χ3v) is 6.56. The molecule has 20 heavy (non-hydrogen) atoms. The van der Waals surface area contributed by atoms with Crippen LogP contribution < -0.4 is 4.72 Å². The SMILES string of the molecule is Cc1ccc(S(=O)(=O)NCc2cc(C)c(C)s2)c(Br)c1. The Morgan fingerprint density at radius 1 is 1.20 bits per heavy atom. The van der Waals surface area contributed by atoms with Gasteiger partial charge in [0, 0.05) is 20.8 Å². The Kier molecular flexibility index (Phi) is 4.69. The van der Waals surface area contributed by atoms with Crippen molar-refractivity contribution in [2.45, 2.75) is 32.2 Å². The largest absolute Gasteiger partial charge is 0.242 e. The second kappa shape index (κ2) is 5.97. The summed E-state index contributed by atoms with van der Waals surface area (Å²) in [7, 11) is -3.50. The molecular formula is C14H16BrNO2S2. The summed E-state index contributed by atoms with van der Waals surface area (Å²) in [5.41, 5.74) is 2.21. The van der Waals surface area contributed by atoms with E-state index in [9.17, 15) is 8.42 Å². The molecule has 108 valence electrons. The second-order valence-corrected chi connectivity index (χ2v) is 8.64. The second-order valence-electron chi connectivity index (χ2n) is 4.71. The molecule has 0 fully saturated rings. The van der Waals surface area contributed by atoms with Crippen molar-refractivity contribution < 1.29 is 8.42 Å². The number of nitrogens with one attached hydrogen (secondary N) is 1. The van der Waals surface area contributed by atoms with Crippen molar-refractivity contribution in [1.29, 1.82) is 0 Å². The van der Waals surface area contributed by atoms with Gasteiger partial charge in [0.05, 0.1) is 4.90 Å². The quantitative estimate of drug-likeness (QED) is 0.882. The van der Waals surface area contributed by atoms with Gasteiger partial charge >= 0.3 is 0 Å². The van der Waals surface area contributed by atoms with Crippen LogP contribution >= 0.6 is 27.3 Å². The molecule has 0 radical (unpaired) electrons. The molecule has 6 heteroatoms. The van der Waals surface area contributed by atoms with E-state index in [1.807, 2.05) is 26.8 Å². The van der Waals surface area contributed by atoms with Crippen LogP contribution in [-0.4, -0.2) is 8.42 Å². The lowest BCUT2D eigenvalue weighted by Crippen LogP contribution is -2.23. The van der Waals surface area contributed by atoms with Crippen LogP contribution in [0.25, 0.3) is 0 Å².